The molecule has 0 saturated carbocycles. The maximum atomic E-state index is 11.6. The summed E-state index contributed by atoms with van der Waals surface area (Å²) in [5, 5.41) is 22.3. The number of rotatable bonds is 5. The number of amides is 2. The second kappa shape index (κ2) is 6.76. The van der Waals surface area contributed by atoms with Crippen molar-refractivity contribution >= 4 is 23.4 Å². The molecule has 0 spiro atoms. The molecule has 110 valence electrons. The molecule has 0 aromatic heterocycles. The van der Waals surface area contributed by atoms with Gasteiger partial charge in [0.25, 0.3) is 0 Å². The summed E-state index contributed by atoms with van der Waals surface area (Å²) >= 11 is 0. The number of carbonyl (C=O) groups excluding carboxylic acids is 1. The maximum absolute atomic E-state index is 11.6. The van der Waals surface area contributed by atoms with Crippen molar-refractivity contribution in [3.8, 4) is 0 Å². The summed E-state index contributed by atoms with van der Waals surface area (Å²) in [5.41, 5.74) is 2.54. The fraction of sp³-hybridized carbons (Fsp3) is 0.385. The molecule has 20 heavy (non-hydrogen) atoms. The number of nitrogens with one attached hydrogen (secondary N) is 2. The van der Waals surface area contributed by atoms with E-state index in [-0.39, 0.29) is 0 Å². The van der Waals surface area contributed by atoms with Gasteiger partial charge in [0.2, 0.25) is 0 Å². The lowest BCUT2D eigenvalue weighted by atomic mass is 10.1. The quantitative estimate of drug-likeness (QED) is 0.634. The molecule has 0 aliphatic heterocycles. The van der Waals surface area contributed by atoms with Crippen molar-refractivity contribution in [2.24, 2.45) is 0 Å². The van der Waals surface area contributed by atoms with Gasteiger partial charge in [-0.2, -0.15) is 0 Å². The van der Waals surface area contributed by atoms with Crippen LogP contribution in [0.3, 0.4) is 0 Å². The zero-order valence-corrected chi connectivity index (χ0v) is 11.7. The van der Waals surface area contributed by atoms with Crippen LogP contribution in [0.4, 0.5) is 16.2 Å². The van der Waals surface area contributed by atoms with Crippen LogP contribution in [0.1, 0.15) is 5.56 Å². The Hall–Kier alpha value is -2.28. The van der Waals surface area contributed by atoms with Crippen LogP contribution in [0.25, 0.3) is 0 Å². The highest BCUT2D eigenvalue weighted by Gasteiger charge is 2.18. The zero-order valence-electron chi connectivity index (χ0n) is 11.7. The van der Waals surface area contributed by atoms with Gasteiger partial charge >= 0.3 is 12.0 Å². The Labute approximate surface area is 117 Å². The smallest absolute Gasteiger partial charge is 0.328 e. The molecule has 1 unspecified atom stereocenters. The van der Waals surface area contributed by atoms with E-state index in [9.17, 15) is 9.59 Å². The number of anilines is 2. The van der Waals surface area contributed by atoms with Crippen molar-refractivity contribution in [3.63, 3.8) is 0 Å². The molecule has 0 fully saturated rings. The molecule has 0 bridgehead atoms. The number of nitrogens with zero attached hydrogens (tertiary/aromatic N) is 1. The van der Waals surface area contributed by atoms with E-state index in [1.807, 2.05) is 32.0 Å². The summed E-state index contributed by atoms with van der Waals surface area (Å²) in [7, 11) is 3.77. The van der Waals surface area contributed by atoms with Gasteiger partial charge in [-0.25, -0.2) is 9.59 Å². The van der Waals surface area contributed by atoms with Gasteiger partial charge in [0.05, 0.1) is 6.61 Å². The largest absolute Gasteiger partial charge is 0.480 e. The van der Waals surface area contributed by atoms with Crippen molar-refractivity contribution < 1.29 is 19.8 Å². The monoisotopic (exact) mass is 281 g/mol. The number of aryl methyl sites for hydroxylation is 1. The average Bonchev–Trinajstić information content (AvgIpc) is 2.37. The van der Waals surface area contributed by atoms with Crippen LogP contribution in [0.15, 0.2) is 18.2 Å². The Kier molecular flexibility index (Phi) is 5.33. The number of urea groups is 1. The van der Waals surface area contributed by atoms with Gasteiger partial charge in [-0.1, -0.05) is 6.07 Å². The molecule has 2 amide bonds. The molecule has 0 heterocycles. The van der Waals surface area contributed by atoms with Crippen molar-refractivity contribution in [2.75, 3.05) is 30.9 Å². The molecular formula is C13H19N3O4. The molecule has 0 saturated heterocycles. The lowest BCUT2D eigenvalue weighted by Gasteiger charge is -2.18. The summed E-state index contributed by atoms with van der Waals surface area (Å²) in [6.45, 7) is 1.28. The van der Waals surface area contributed by atoms with Gasteiger partial charge in [0.15, 0.2) is 6.04 Å². The third-order valence-electron chi connectivity index (χ3n) is 2.73. The Morgan fingerprint density at radius 1 is 1.35 bits per heavy atom. The fourth-order valence-electron chi connectivity index (χ4n) is 1.68. The van der Waals surface area contributed by atoms with Crippen molar-refractivity contribution in [3.05, 3.63) is 23.8 Å². The van der Waals surface area contributed by atoms with Crippen LogP contribution in [-0.2, 0) is 4.79 Å². The standard InChI is InChI=1S/C13H19N3O4/c1-8-4-5-9(6-11(8)16(2)3)14-13(20)15-10(7-17)12(18)19/h4-6,10,17H,7H2,1-3H3,(H,18,19)(H2,14,15,20). The highest BCUT2D eigenvalue weighted by atomic mass is 16.4. The van der Waals surface area contributed by atoms with E-state index in [1.54, 1.807) is 12.1 Å². The number of aliphatic hydroxyl groups excluding tert-OH is 1. The maximum Gasteiger partial charge on any atom is 0.328 e. The van der Waals surface area contributed by atoms with E-state index >= 15 is 0 Å². The zero-order chi connectivity index (χ0) is 15.3. The SMILES string of the molecule is Cc1ccc(NC(=O)NC(CO)C(=O)O)cc1N(C)C. The summed E-state index contributed by atoms with van der Waals surface area (Å²) in [6, 6.07) is 3.35. The number of carboxylic acids is 1. The van der Waals surface area contributed by atoms with E-state index in [4.69, 9.17) is 10.2 Å². The average molecular weight is 281 g/mol. The highest BCUT2D eigenvalue weighted by molar-refractivity contribution is 5.92. The number of hydrogen-bond acceptors (Lipinski definition) is 4. The van der Waals surface area contributed by atoms with E-state index in [0.29, 0.717) is 5.69 Å². The van der Waals surface area contributed by atoms with Crippen molar-refractivity contribution in [2.45, 2.75) is 13.0 Å². The molecule has 1 atom stereocenters. The normalized spacial score (nSPS) is 11.6. The van der Waals surface area contributed by atoms with Crippen LogP contribution in [0, 0.1) is 6.92 Å². The van der Waals surface area contributed by atoms with Crippen molar-refractivity contribution in [1.29, 1.82) is 0 Å². The molecule has 1 aromatic rings. The number of carboxylic acid groups (broad SMARTS) is 1. The molecule has 0 aliphatic carbocycles. The topological polar surface area (TPSA) is 102 Å². The van der Waals surface area contributed by atoms with Gasteiger partial charge in [0.1, 0.15) is 0 Å². The number of carbonyl (C=O) groups is 2. The first-order valence-corrected chi connectivity index (χ1v) is 6.04. The first kappa shape index (κ1) is 15.8. The molecular weight excluding hydrogens is 262 g/mol. The van der Waals surface area contributed by atoms with E-state index < -0.39 is 24.6 Å². The Bertz CT molecular complexity index is 502. The Morgan fingerprint density at radius 3 is 2.50 bits per heavy atom. The Morgan fingerprint density at radius 2 is 2.00 bits per heavy atom. The van der Waals surface area contributed by atoms with Gasteiger partial charge in [-0.3, -0.25) is 0 Å². The van der Waals surface area contributed by atoms with Crippen LogP contribution in [0.2, 0.25) is 0 Å². The minimum Gasteiger partial charge on any atom is -0.480 e. The fourth-order valence-corrected chi connectivity index (χ4v) is 1.68. The first-order valence-electron chi connectivity index (χ1n) is 6.04. The van der Waals surface area contributed by atoms with Gasteiger partial charge in [0, 0.05) is 25.5 Å². The molecule has 4 N–H and O–H groups in total. The van der Waals surface area contributed by atoms with E-state index in [0.717, 1.165) is 11.3 Å². The lowest BCUT2D eigenvalue weighted by molar-refractivity contribution is -0.140. The molecule has 7 nitrogen and oxygen atoms in total. The highest BCUT2D eigenvalue weighted by Crippen LogP contribution is 2.22. The van der Waals surface area contributed by atoms with Gasteiger partial charge in [-0.15, -0.1) is 0 Å². The summed E-state index contributed by atoms with van der Waals surface area (Å²) in [4.78, 5) is 24.2. The molecule has 0 aliphatic rings. The lowest BCUT2D eigenvalue weighted by Crippen LogP contribution is -2.45. The van der Waals surface area contributed by atoms with Crippen LogP contribution in [-0.4, -0.2) is 49.0 Å². The molecule has 1 rings (SSSR count). The summed E-state index contributed by atoms with van der Waals surface area (Å²) in [5.74, 6) is -1.29. The second-order valence-electron chi connectivity index (χ2n) is 4.57. The van der Waals surface area contributed by atoms with E-state index in [2.05, 4.69) is 10.6 Å². The summed E-state index contributed by atoms with van der Waals surface area (Å²) in [6.07, 6.45) is 0. The van der Waals surface area contributed by atoms with Crippen LogP contribution in [0.5, 0.6) is 0 Å². The van der Waals surface area contributed by atoms with Gasteiger partial charge in [-0.05, 0) is 24.6 Å². The number of benzene rings is 1. The predicted octanol–water partition coefficient (Wildman–Crippen LogP) is 0.628. The van der Waals surface area contributed by atoms with E-state index in [1.165, 1.54) is 0 Å². The molecule has 7 heteroatoms. The summed E-state index contributed by atoms with van der Waals surface area (Å²) < 4.78 is 0. The van der Waals surface area contributed by atoms with Crippen LogP contribution >= 0.6 is 0 Å². The number of aliphatic hydroxyl groups is 1. The predicted molar refractivity (Wildman–Crippen MR) is 76.2 cm³/mol. The first-order chi connectivity index (χ1) is 9.35. The molecule has 1 aromatic carbocycles. The third-order valence-corrected chi connectivity index (χ3v) is 2.73. The minimum absolute atomic E-state index is 0.541. The number of aliphatic carboxylic acids is 1. The molecule has 0 radical (unpaired) electrons. The minimum atomic E-state index is -1.33. The third kappa shape index (κ3) is 4.13. The number of hydrogen-bond donors (Lipinski definition) is 4. The van der Waals surface area contributed by atoms with Gasteiger partial charge < -0.3 is 25.7 Å². The van der Waals surface area contributed by atoms with Crippen LogP contribution < -0.4 is 15.5 Å². The Balaban J connectivity index is 2.76. The second-order valence-corrected chi connectivity index (χ2v) is 4.57. The van der Waals surface area contributed by atoms with Crippen molar-refractivity contribution in [1.82, 2.24) is 5.32 Å².